The molecule has 0 heterocycles. The van der Waals surface area contributed by atoms with Gasteiger partial charge in [0.2, 0.25) is 0 Å². The van der Waals surface area contributed by atoms with E-state index in [-0.39, 0.29) is 11.0 Å². The first-order valence-corrected chi connectivity index (χ1v) is 7.15. The van der Waals surface area contributed by atoms with Crippen LogP contribution < -0.4 is 5.32 Å². The molecule has 0 aliphatic carbocycles. The molecule has 2 heteroatoms. The van der Waals surface area contributed by atoms with Crippen molar-refractivity contribution in [3.63, 3.8) is 0 Å². The molecule has 0 aliphatic heterocycles. The van der Waals surface area contributed by atoms with E-state index in [1.165, 1.54) is 5.56 Å². The standard InChI is InChI=1S/C18H26N2/c1-14(2)20-18(5,6)12-11-17(3,4)16-9-7-15(13-19)8-10-16/h7-12,14,20H,1-6H3/b12-11+. The lowest BCUT2D eigenvalue weighted by atomic mass is 9.82. The first-order chi connectivity index (χ1) is 9.16. The van der Waals surface area contributed by atoms with E-state index >= 15 is 0 Å². The molecule has 0 amide bonds. The molecule has 108 valence electrons. The van der Waals surface area contributed by atoms with Gasteiger partial charge in [0.15, 0.2) is 0 Å². The molecule has 0 aliphatic rings. The van der Waals surface area contributed by atoms with Crippen LogP contribution in [0.5, 0.6) is 0 Å². The highest BCUT2D eigenvalue weighted by molar-refractivity contribution is 5.36. The van der Waals surface area contributed by atoms with Crippen LogP contribution in [0.1, 0.15) is 52.7 Å². The monoisotopic (exact) mass is 270 g/mol. The molecule has 0 bridgehead atoms. The van der Waals surface area contributed by atoms with Crippen LogP contribution in [0.2, 0.25) is 0 Å². The number of benzene rings is 1. The van der Waals surface area contributed by atoms with Crippen molar-refractivity contribution >= 4 is 0 Å². The highest BCUT2D eigenvalue weighted by atomic mass is 15.0. The summed E-state index contributed by atoms with van der Waals surface area (Å²) < 4.78 is 0. The Morgan fingerprint density at radius 1 is 1.05 bits per heavy atom. The van der Waals surface area contributed by atoms with Crippen LogP contribution in [-0.4, -0.2) is 11.6 Å². The molecular weight excluding hydrogens is 244 g/mol. The molecule has 2 nitrogen and oxygen atoms in total. The molecule has 1 aromatic carbocycles. The van der Waals surface area contributed by atoms with Crippen molar-refractivity contribution in [1.82, 2.24) is 5.32 Å². The van der Waals surface area contributed by atoms with Gasteiger partial charge in [-0.3, -0.25) is 0 Å². The molecular formula is C18H26N2. The van der Waals surface area contributed by atoms with Crippen LogP contribution in [0.25, 0.3) is 0 Å². The first kappa shape index (κ1) is 16.5. The Kier molecular flexibility index (Phi) is 5.14. The van der Waals surface area contributed by atoms with Crippen molar-refractivity contribution in [3.8, 4) is 6.07 Å². The van der Waals surface area contributed by atoms with Gasteiger partial charge in [0, 0.05) is 17.0 Å². The van der Waals surface area contributed by atoms with Crippen molar-refractivity contribution < 1.29 is 0 Å². The van der Waals surface area contributed by atoms with E-state index < -0.39 is 0 Å². The van der Waals surface area contributed by atoms with Crippen LogP contribution in [0, 0.1) is 11.3 Å². The summed E-state index contributed by atoms with van der Waals surface area (Å²) >= 11 is 0. The highest BCUT2D eigenvalue weighted by Gasteiger charge is 2.20. The van der Waals surface area contributed by atoms with Gasteiger partial charge in [-0.1, -0.05) is 52.0 Å². The number of nitrogens with one attached hydrogen (secondary N) is 1. The minimum atomic E-state index is -0.0517. The minimum Gasteiger partial charge on any atom is -0.306 e. The Morgan fingerprint density at radius 3 is 2.05 bits per heavy atom. The molecule has 0 saturated carbocycles. The van der Waals surface area contributed by atoms with Gasteiger partial charge in [-0.25, -0.2) is 0 Å². The maximum absolute atomic E-state index is 8.85. The van der Waals surface area contributed by atoms with E-state index in [1.807, 2.05) is 24.3 Å². The maximum Gasteiger partial charge on any atom is 0.0991 e. The van der Waals surface area contributed by atoms with Crippen molar-refractivity contribution in [2.24, 2.45) is 0 Å². The van der Waals surface area contributed by atoms with Crippen LogP contribution in [-0.2, 0) is 5.41 Å². The van der Waals surface area contributed by atoms with Gasteiger partial charge < -0.3 is 5.32 Å². The highest BCUT2D eigenvalue weighted by Crippen LogP contribution is 2.26. The van der Waals surface area contributed by atoms with Crippen LogP contribution in [0.3, 0.4) is 0 Å². The van der Waals surface area contributed by atoms with Gasteiger partial charge in [0.05, 0.1) is 11.6 Å². The summed E-state index contributed by atoms with van der Waals surface area (Å²) in [6, 6.07) is 10.4. The second-order valence-corrected chi connectivity index (χ2v) is 6.76. The lowest BCUT2D eigenvalue weighted by molar-refractivity contribution is 0.424. The van der Waals surface area contributed by atoms with Crippen LogP contribution in [0.15, 0.2) is 36.4 Å². The van der Waals surface area contributed by atoms with Crippen molar-refractivity contribution in [2.45, 2.75) is 58.5 Å². The third kappa shape index (κ3) is 4.83. The fourth-order valence-electron chi connectivity index (χ4n) is 2.28. The Morgan fingerprint density at radius 2 is 1.60 bits per heavy atom. The molecule has 0 unspecified atom stereocenters. The van der Waals surface area contributed by atoms with Gasteiger partial charge in [-0.2, -0.15) is 5.26 Å². The third-order valence-electron chi connectivity index (χ3n) is 3.34. The van der Waals surface area contributed by atoms with Crippen LogP contribution >= 0.6 is 0 Å². The van der Waals surface area contributed by atoms with E-state index in [2.05, 4.69) is 65.1 Å². The molecule has 0 aromatic heterocycles. The number of allylic oxidation sites excluding steroid dienone is 1. The Balaban J connectivity index is 2.90. The summed E-state index contributed by atoms with van der Waals surface area (Å²) in [5.74, 6) is 0. The normalized spacial score (nSPS) is 12.9. The SMILES string of the molecule is CC(C)NC(C)(C)/C=C/C(C)(C)c1ccc(C#N)cc1. The van der Waals surface area contributed by atoms with E-state index in [4.69, 9.17) is 5.26 Å². The van der Waals surface area contributed by atoms with E-state index in [9.17, 15) is 0 Å². The van der Waals surface area contributed by atoms with Crippen molar-refractivity contribution in [2.75, 3.05) is 0 Å². The fourth-order valence-corrected chi connectivity index (χ4v) is 2.28. The summed E-state index contributed by atoms with van der Waals surface area (Å²) in [5.41, 5.74) is 1.84. The Hall–Kier alpha value is -1.59. The van der Waals surface area contributed by atoms with E-state index in [0.717, 1.165) is 0 Å². The predicted molar refractivity (Wildman–Crippen MR) is 85.7 cm³/mol. The molecule has 0 radical (unpaired) electrons. The molecule has 0 saturated heterocycles. The average molecular weight is 270 g/mol. The van der Waals surface area contributed by atoms with Crippen molar-refractivity contribution in [3.05, 3.63) is 47.5 Å². The maximum atomic E-state index is 8.85. The zero-order chi connectivity index (χ0) is 15.4. The smallest absolute Gasteiger partial charge is 0.0991 e. The summed E-state index contributed by atoms with van der Waals surface area (Å²) in [7, 11) is 0. The molecule has 0 spiro atoms. The number of hydrogen-bond donors (Lipinski definition) is 1. The summed E-state index contributed by atoms with van der Waals surface area (Å²) in [6.45, 7) is 13.0. The predicted octanol–water partition coefficient (Wildman–Crippen LogP) is 4.17. The lowest BCUT2D eigenvalue weighted by Gasteiger charge is -2.28. The lowest BCUT2D eigenvalue weighted by Crippen LogP contribution is -2.42. The minimum absolute atomic E-state index is 0.0297. The Bertz CT molecular complexity index is 499. The quantitative estimate of drug-likeness (QED) is 0.815. The third-order valence-corrected chi connectivity index (χ3v) is 3.34. The van der Waals surface area contributed by atoms with Crippen molar-refractivity contribution in [1.29, 1.82) is 5.26 Å². The first-order valence-electron chi connectivity index (χ1n) is 7.15. The molecule has 0 atom stereocenters. The molecule has 1 aromatic rings. The summed E-state index contributed by atoms with van der Waals surface area (Å²) in [4.78, 5) is 0. The number of rotatable bonds is 5. The zero-order valence-corrected chi connectivity index (χ0v) is 13.5. The van der Waals surface area contributed by atoms with E-state index in [0.29, 0.717) is 11.6 Å². The summed E-state index contributed by atoms with van der Waals surface area (Å²) in [6.07, 6.45) is 4.47. The topological polar surface area (TPSA) is 35.8 Å². The number of hydrogen-bond acceptors (Lipinski definition) is 2. The summed E-state index contributed by atoms with van der Waals surface area (Å²) in [5, 5.41) is 12.4. The Labute approximate surface area is 123 Å². The number of nitriles is 1. The van der Waals surface area contributed by atoms with Gasteiger partial charge in [-0.05, 0) is 31.5 Å². The van der Waals surface area contributed by atoms with Gasteiger partial charge >= 0.3 is 0 Å². The molecule has 1 rings (SSSR count). The second-order valence-electron chi connectivity index (χ2n) is 6.76. The van der Waals surface area contributed by atoms with Gasteiger partial charge in [-0.15, -0.1) is 0 Å². The number of nitrogens with zero attached hydrogens (tertiary/aromatic N) is 1. The van der Waals surface area contributed by atoms with Gasteiger partial charge in [0.25, 0.3) is 0 Å². The fraction of sp³-hybridized carbons (Fsp3) is 0.500. The molecule has 1 N–H and O–H groups in total. The van der Waals surface area contributed by atoms with E-state index in [1.54, 1.807) is 0 Å². The zero-order valence-electron chi connectivity index (χ0n) is 13.5. The average Bonchev–Trinajstić information content (AvgIpc) is 2.35. The molecule has 0 fully saturated rings. The largest absolute Gasteiger partial charge is 0.306 e. The van der Waals surface area contributed by atoms with Crippen LogP contribution in [0.4, 0.5) is 0 Å². The second kappa shape index (κ2) is 6.24. The van der Waals surface area contributed by atoms with Gasteiger partial charge in [0.1, 0.15) is 0 Å². The molecule has 20 heavy (non-hydrogen) atoms.